The molecule has 0 spiro atoms. The first-order valence-corrected chi connectivity index (χ1v) is 7.73. The number of carbonyl (C=O) groups is 1. The Morgan fingerprint density at radius 3 is 2.74 bits per heavy atom. The van der Waals surface area contributed by atoms with Crippen molar-refractivity contribution in [2.75, 3.05) is 11.9 Å². The molecule has 3 N–H and O–H groups in total. The van der Waals surface area contributed by atoms with Crippen molar-refractivity contribution in [1.29, 1.82) is 0 Å². The molecule has 23 heavy (non-hydrogen) atoms. The summed E-state index contributed by atoms with van der Waals surface area (Å²) in [7, 11) is 0. The molecule has 0 saturated heterocycles. The molecule has 118 valence electrons. The van der Waals surface area contributed by atoms with Gasteiger partial charge in [0.05, 0.1) is 11.4 Å². The first kappa shape index (κ1) is 15.2. The number of anilines is 1. The Bertz CT molecular complexity index is 824. The Morgan fingerprint density at radius 1 is 1.22 bits per heavy atom. The number of nitrogens with two attached hydrogens (primary N) is 1. The van der Waals surface area contributed by atoms with Crippen molar-refractivity contribution in [3.63, 3.8) is 0 Å². The fraction of sp³-hybridized carbons (Fsp3) is 0.222. The van der Waals surface area contributed by atoms with Crippen molar-refractivity contribution < 1.29 is 4.79 Å². The van der Waals surface area contributed by atoms with Crippen LogP contribution in [0.25, 0.3) is 16.9 Å². The van der Waals surface area contributed by atoms with Crippen molar-refractivity contribution in [3.8, 4) is 11.3 Å². The monoisotopic (exact) mass is 308 g/mol. The second kappa shape index (κ2) is 6.62. The van der Waals surface area contributed by atoms with E-state index in [0.29, 0.717) is 19.4 Å². The maximum atomic E-state index is 11.8. The molecule has 0 unspecified atom stereocenters. The van der Waals surface area contributed by atoms with Gasteiger partial charge in [0.15, 0.2) is 0 Å². The third kappa shape index (κ3) is 3.24. The van der Waals surface area contributed by atoms with Crippen LogP contribution in [0.2, 0.25) is 0 Å². The zero-order valence-corrected chi connectivity index (χ0v) is 13.1. The SMILES string of the molecule is Cc1c(-c2ccccc2)nc2ccc(NC(=O)CCCN)cn12. The van der Waals surface area contributed by atoms with Crippen LogP contribution in [0.15, 0.2) is 48.7 Å². The van der Waals surface area contributed by atoms with Crippen LogP contribution in [0.1, 0.15) is 18.5 Å². The van der Waals surface area contributed by atoms with Crippen LogP contribution in [0.3, 0.4) is 0 Å². The van der Waals surface area contributed by atoms with Crippen LogP contribution in [-0.4, -0.2) is 21.8 Å². The van der Waals surface area contributed by atoms with Gasteiger partial charge in [-0.15, -0.1) is 0 Å². The Morgan fingerprint density at radius 2 is 2.00 bits per heavy atom. The minimum Gasteiger partial charge on any atom is -0.330 e. The summed E-state index contributed by atoms with van der Waals surface area (Å²) in [5.41, 5.74) is 10.1. The zero-order valence-electron chi connectivity index (χ0n) is 13.1. The molecule has 3 rings (SSSR count). The molecular formula is C18H20N4O. The third-order valence-electron chi connectivity index (χ3n) is 3.80. The predicted octanol–water partition coefficient (Wildman–Crippen LogP) is 2.99. The average Bonchev–Trinajstić information content (AvgIpc) is 2.90. The van der Waals surface area contributed by atoms with E-state index in [-0.39, 0.29) is 5.91 Å². The second-order valence-corrected chi connectivity index (χ2v) is 5.50. The predicted molar refractivity (Wildman–Crippen MR) is 92.3 cm³/mol. The lowest BCUT2D eigenvalue weighted by atomic mass is 10.1. The standard InChI is InChI=1S/C18H20N4O/c1-13-18(14-6-3-2-4-7-14)21-16-10-9-15(12-22(13)16)20-17(23)8-5-11-19/h2-4,6-7,9-10,12H,5,8,11,19H2,1H3,(H,20,23). The molecular weight excluding hydrogens is 288 g/mol. The molecule has 0 aliphatic rings. The summed E-state index contributed by atoms with van der Waals surface area (Å²) >= 11 is 0. The van der Waals surface area contributed by atoms with Gasteiger partial charge in [-0.25, -0.2) is 4.98 Å². The minimum absolute atomic E-state index is 0.0177. The lowest BCUT2D eigenvalue weighted by Crippen LogP contribution is -2.13. The third-order valence-corrected chi connectivity index (χ3v) is 3.80. The number of hydrogen-bond acceptors (Lipinski definition) is 3. The molecule has 0 radical (unpaired) electrons. The van der Waals surface area contributed by atoms with Crippen molar-refractivity contribution in [1.82, 2.24) is 9.38 Å². The summed E-state index contributed by atoms with van der Waals surface area (Å²) in [6.07, 6.45) is 3.04. The summed E-state index contributed by atoms with van der Waals surface area (Å²) in [4.78, 5) is 16.5. The van der Waals surface area contributed by atoms with E-state index in [1.165, 1.54) is 0 Å². The van der Waals surface area contributed by atoms with Crippen molar-refractivity contribution in [2.45, 2.75) is 19.8 Å². The summed E-state index contributed by atoms with van der Waals surface area (Å²) in [6.45, 7) is 2.55. The van der Waals surface area contributed by atoms with Crippen LogP contribution in [0.4, 0.5) is 5.69 Å². The molecule has 2 aromatic heterocycles. The number of amides is 1. The minimum atomic E-state index is -0.0177. The number of hydrogen-bond donors (Lipinski definition) is 2. The lowest BCUT2D eigenvalue weighted by Gasteiger charge is -2.06. The number of nitrogens with one attached hydrogen (secondary N) is 1. The molecule has 0 aliphatic carbocycles. The number of imidazole rings is 1. The first-order chi connectivity index (χ1) is 11.2. The maximum Gasteiger partial charge on any atom is 0.224 e. The van der Waals surface area contributed by atoms with Crippen LogP contribution >= 0.6 is 0 Å². The second-order valence-electron chi connectivity index (χ2n) is 5.50. The highest BCUT2D eigenvalue weighted by atomic mass is 16.1. The average molecular weight is 308 g/mol. The number of aryl methyl sites for hydroxylation is 1. The first-order valence-electron chi connectivity index (χ1n) is 7.73. The summed E-state index contributed by atoms with van der Waals surface area (Å²) in [5.74, 6) is -0.0177. The van der Waals surface area contributed by atoms with Gasteiger partial charge in [-0.1, -0.05) is 30.3 Å². The molecule has 1 amide bonds. The molecule has 5 heteroatoms. The molecule has 0 aliphatic heterocycles. The Labute approximate surface area is 135 Å². The van der Waals surface area contributed by atoms with E-state index in [2.05, 4.69) is 10.3 Å². The highest BCUT2D eigenvalue weighted by molar-refractivity contribution is 5.90. The zero-order chi connectivity index (χ0) is 16.2. The fourth-order valence-electron chi connectivity index (χ4n) is 2.59. The Hall–Kier alpha value is -2.66. The van der Waals surface area contributed by atoms with E-state index in [4.69, 9.17) is 5.73 Å². The van der Waals surface area contributed by atoms with E-state index < -0.39 is 0 Å². The number of fused-ring (bicyclic) bond motifs is 1. The van der Waals surface area contributed by atoms with Crippen molar-refractivity contribution in [3.05, 3.63) is 54.4 Å². The van der Waals surface area contributed by atoms with Gasteiger partial charge in [-0.2, -0.15) is 0 Å². The largest absolute Gasteiger partial charge is 0.330 e. The highest BCUT2D eigenvalue weighted by Crippen LogP contribution is 2.24. The van der Waals surface area contributed by atoms with Crippen molar-refractivity contribution in [2.24, 2.45) is 5.73 Å². The number of aromatic nitrogens is 2. The molecule has 5 nitrogen and oxygen atoms in total. The van der Waals surface area contributed by atoms with Gasteiger partial charge in [0.1, 0.15) is 5.65 Å². The summed E-state index contributed by atoms with van der Waals surface area (Å²) in [6, 6.07) is 13.9. The highest BCUT2D eigenvalue weighted by Gasteiger charge is 2.11. The van der Waals surface area contributed by atoms with Crippen LogP contribution in [-0.2, 0) is 4.79 Å². The van der Waals surface area contributed by atoms with Crippen molar-refractivity contribution >= 4 is 17.2 Å². The smallest absolute Gasteiger partial charge is 0.224 e. The van der Waals surface area contributed by atoms with E-state index in [0.717, 1.165) is 28.3 Å². The van der Waals surface area contributed by atoms with Crippen LogP contribution in [0.5, 0.6) is 0 Å². The van der Waals surface area contributed by atoms with E-state index in [1.54, 1.807) is 0 Å². The van der Waals surface area contributed by atoms with Gasteiger partial charge >= 0.3 is 0 Å². The molecule has 2 heterocycles. The quantitative estimate of drug-likeness (QED) is 0.761. The lowest BCUT2D eigenvalue weighted by molar-refractivity contribution is -0.116. The van der Waals surface area contributed by atoms with Gasteiger partial charge < -0.3 is 15.5 Å². The Kier molecular flexibility index (Phi) is 4.39. The fourth-order valence-corrected chi connectivity index (χ4v) is 2.59. The van der Waals surface area contributed by atoms with Gasteiger partial charge in [0, 0.05) is 23.9 Å². The number of benzene rings is 1. The topological polar surface area (TPSA) is 72.4 Å². The number of nitrogens with zero attached hydrogens (tertiary/aromatic N) is 2. The van der Waals surface area contributed by atoms with Crippen LogP contribution in [0, 0.1) is 6.92 Å². The summed E-state index contributed by atoms with van der Waals surface area (Å²) in [5, 5.41) is 2.90. The van der Waals surface area contributed by atoms with Gasteiger partial charge in [0.25, 0.3) is 0 Å². The molecule has 0 saturated carbocycles. The number of pyridine rings is 1. The molecule has 3 aromatic rings. The Balaban J connectivity index is 1.91. The number of rotatable bonds is 5. The van der Waals surface area contributed by atoms with Gasteiger partial charge in [-0.05, 0) is 32.0 Å². The van der Waals surface area contributed by atoms with Gasteiger partial charge in [0.2, 0.25) is 5.91 Å². The van der Waals surface area contributed by atoms with E-state index >= 15 is 0 Å². The number of carbonyl (C=O) groups excluding carboxylic acids is 1. The maximum absolute atomic E-state index is 11.8. The van der Waals surface area contributed by atoms with Crippen LogP contribution < -0.4 is 11.1 Å². The van der Waals surface area contributed by atoms with E-state index in [9.17, 15) is 4.79 Å². The normalized spacial score (nSPS) is 10.9. The summed E-state index contributed by atoms with van der Waals surface area (Å²) < 4.78 is 2.00. The molecule has 0 fully saturated rings. The molecule has 0 bridgehead atoms. The molecule has 1 aromatic carbocycles. The van der Waals surface area contributed by atoms with E-state index in [1.807, 2.05) is 60.0 Å². The van der Waals surface area contributed by atoms with Gasteiger partial charge in [-0.3, -0.25) is 4.79 Å². The molecule has 0 atom stereocenters.